The number of likely N-dealkylation sites (N-methyl/N-ethyl adjacent to an activating group) is 1. The predicted octanol–water partition coefficient (Wildman–Crippen LogP) is 4.27. The molecule has 1 amide bonds. The van der Waals surface area contributed by atoms with E-state index in [0.29, 0.717) is 18.8 Å². The quantitative estimate of drug-likeness (QED) is 0.325. The van der Waals surface area contributed by atoms with E-state index in [9.17, 15) is 31.1 Å². The molecular weight excluding hydrogens is 442 g/mol. The van der Waals surface area contributed by atoms with E-state index in [1.54, 1.807) is 19.9 Å². The third-order valence-corrected chi connectivity index (χ3v) is 4.81. The summed E-state index contributed by atoms with van der Waals surface area (Å²) in [5.41, 5.74) is -0.395. The lowest BCUT2D eigenvalue weighted by Gasteiger charge is -2.37. The molecule has 1 saturated heterocycles. The van der Waals surface area contributed by atoms with Crippen LogP contribution < -0.4 is 9.64 Å². The maximum atomic E-state index is 13.1. The lowest BCUT2D eigenvalue weighted by atomic mass is 10.2. The molecule has 12 heteroatoms. The number of amides is 1. The zero-order valence-corrected chi connectivity index (χ0v) is 17.8. The molecule has 1 aliphatic heterocycles. The predicted molar refractivity (Wildman–Crippen MR) is 108 cm³/mol. The maximum absolute atomic E-state index is 13.1. The number of carbonyl (C=O) groups excluding carboxylic acids is 1. The average molecular weight is 468 g/mol. The molecule has 0 unspecified atom stereocenters. The van der Waals surface area contributed by atoms with Crippen LogP contribution in [0.1, 0.15) is 26.7 Å². The van der Waals surface area contributed by atoms with Gasteiger partial charge in [-0.15, -0.1) is 13.2 Å². The van der Waals surface area contributed by atoms with Gasteiger partial charge in [-0.1, -0.05) is 19.4 Å². The van der Waals surface area contributed by atoms with Gasteiger partial charge in [0.1, 0.15) is 18.0 Å². The lowest BCUT2D eigenvalue weighted by Crippen LogP contribution is -2.51. The number of hydrazone groups is 1. The summed E-state index contributed by atoms with van der Waals surface area (Å²) in [5, 5.41) is 4.76. The highest BCUT2D eigenvalue weighted by atomic mass is 19.4. The van der Waals surface area contributed by atoms with Crippen LogP contribution in [0.4, 0.5) is 32.0 Å². The fourth-order valence-electron chi connectivity index (χ4n) is 3.22. The van der Waals surface area contributed by atoms with E-state index < -0.39 is 18.3 Å². The highest BCUT2D eigenvalue weighted by Crippen LogP contribution is 2.27. The second kappa shape index (κ2) is 10.8. The third kappa shape index (κ3) is 7.79. The minimum Gasteiger partial charge on any atom is -0.406 e. The van der Waals surface area contributed by atoms with Crippen molar-refractivity contribution in [2.24, 2.45) is 5.10 Å². The number of piperazine rings is 1. The first-order valence-electron chi connectivity index (χ1n) is 10.2. The smallest absolute Gasteiger partial charge is 0.406 e. The summed E-state index contributed by atoms with van der Waals surface area (Å²) < 4.78 is 80.5. The number of benzene rings is 1. The molecule has 0 radical (unpaired) electrons. The molecule has 0 atom stereocenters. The van der Waals surface area contributed by atoms with Crippen LogP contribution in [-0.2, 0) is 4.79 Å². The van der Waals surface area contributed by atoms with Gasteiger partial charge in [0.15, 0.2) is 0 Å². The van der Waals surface area contributed by atoms with Gasteiger partial charge in [0.05, 0.1) is 0 Å². The van der Waals surface area contributed by atoms with Gasteiger partial charge in [0.25, 0.3) is 0 Å². The summed E-state index contributed by atoms with van der Waals surface area (Å²) in [4.78, 5) is 15.9. The zero-order chi connectivity index (χ0) is 23.9. The van der Waals surface area contributed by atoms with Crippen molar-refractivity contribution in [2.45, 2.75) is 39.2 Å². The molecule has 0 spiro atoms. The van der Waals surface area contributed by atoms with Gasteiger partial charge in [-0.3, -0.25) is 9.80 Å². The first-order chi connectivity index (χ1) is 14.9. The Hall–Kier alpha value is -2.66. The van der Waals surface area contributed by atoms with Gasteiger partial charge in [0.2, 0.25) is 5.91 Å². The largest absolute Gasteiger partial charge is 0.573 e. The minimum absolute atomic E-state index is 0.140. The van der Waals surface area contributed by atoms with Crippen molar-refractivity contribution < 1.29 is 35.9 Å². The van der Waals surface area contributed by atoms with E-state index in [2.05, 4.69) is 9.84 Å². The molecule has 6 nitrogen and oxygen atoms in total. The highest BCUT2D eigenvalue weighted by Gasteiger charge is 2.36. The Morgan fingerprint density at radius 3 is 2.28 bits per heavy atom. The van der Waals surface area contributed by atoms with Crippen LogP contribution in [-0.4, -0.2) is 73.3 Å². The van der Waals surface area contributed by atoms with E-state index in [1.165, 1.54) is 23.1 Å². The fourth-order valence-corrected chi connectivity index (χ4v) is 3.22. The molecule has 1 aliphatic rings. The zero-order valence-electron chi connectivity index (χ0n) is 17.8. The first-order valence-corrected chi connectivity index (χ1v) is 10.2. The van der Waals surface area contributed by atoms with Crippen LogP contribution in [0.15, 0.2) is 29.4 Å². The van der Waals surface area contributed by atoms with Gasteiger partial charge in [-0.2, -0.15) is 18.3 Å². The molecule has 1 fully saturated rings. The number of ether oxygens (including phenoxy) is 1. The Morgan fingerprint density at radius 1 is 1.09 bits per heavy atom. The van der Waals surface area contributed by atoms with Gasteiger partial charge in [0, 0.05) is 44.5 Å². The van der Waals surface area contributed by atoms with Crippen molar-refractivity contribution in [2.75, 3.05) is 44.2 Å². The summed E-state index contributed by atoms with van der Waals surface area (Å²) in [6, 6.07) is 5.55. The second-order valence-electron chi connectivity index (χ2n) is 7.19. The van der Waals surface area contributed by atoms with Gasteiger partial charge in [-0.05, 0) is 25.5 Å². The number of nitrogens with zero attached hydrogens (tertiary/aromatic N) is 4. The number of hydrogen-bond acceptors (Lipinski definition) is 5. The van der Waals surface area contributed by atoms with Crippen LogP contribution in [0.5, 0.6) is 5.75 Å². The van der Waals surface area contributed by atoms with Crippen molar-refractivity contribution in [3.63, 3.8) is 0 Å². The Kier molecular flexibility index (Phi) is 8.62. The SMILES string of the molecule is CCC/C(=N\N(CC)CC(=O)N1CCN(c2cccc(OC(F)(F)F)c2)CC1)C(F)(F)F. The molecule has 0 aliphatic carbocycles. The molecule has 1 aromatic rings. The molecule has 0 saturated carbocycles. The standard InChI is InChI=1S/C20H26F6N4O2/c1-3-6-17(19(21,22)23)27-30(4-2)14-18(31)29-11-9-28(10-12-29)15-7-5-8-16(13-15)32-20(24,25)26/h5,7-8,13H,3-4,6,9-12,14H2,1-2H3/b27-17+. The van der Waals surface area contributed by atoms with Crippen LogP contribution >= 0.6 is 0 Å². The maximum Gasteiger partial charge on any atom is 0.573 e. The van der Waals surface area contributed by atoms with Crippen molar-refractivity contribution in [3.8, 4) is 5.75 Å². The topological polar surface area (TPSA) is 48.4 Å². The summed E-state index contributed by atoms with van der Waals surface area (Å²) >= 11 is 0. The van der Waals surface area contributed by atoms with Crippen LogP contribution in [0.3, 0.4) is 0 Å². The number of carbonyl (C=O) groups is 1. The van der Waals surface area contributed by atoms with Crippen molar-refractivity contribution >= 4 is 17.3 Å². The fraction of sp³-hybridized carbons (Fsp3) is 0.600. The third-order valence-electron chi connectivity index (χ3n) is 4.81. The first kappa shape index (κ1) is 25.6. The molecule has 1 heterocycles. The molecule has 180 valence electrons. The molecule has 0 aromatic heterocycles. The van der Waals surface area contributed by atoms with E-state index >= 15 is 0 Å². The van der Waals surface area contributed by atoms with E-state index in [0.717, 1.165) is 5.01 Å². The molecule has 32 heavy (non-hydrogen) atoms. The van der Waals surface area contributed by atoms with E-state index in [4.69, 9.17) is 0 Å². The molecule has 1 aromatic carbocycles. The van der Waals surface area contributed by atoms with Crippen LogP contribution in [0, 0.1) is 0 Å². The van der Waals surface area contributed by atoms with Gasteiger partial charge in [-0.25, -0.2) is 0 Å². The van der Waals surface area contributed by atoms with Crippen LogP contribution in [0.25, 0.3) is 0 Å². The number of rotatable bonds is 8. The monoisotopic (exact) mass is 468 g/mol. The van der Waals surface area contributed by atoms with E-state index in [-0.39, 0.29) is 50.7 Å². The van der Waals surface area contributed by atoms with Gasteiger partial charge < -0.3 is 14.5 Å². The van der Waals surface area contributed by atoms with E-state index in [1.807, 2.05) is 4.90 Å². The number of hydrogen-bond donors (Lipinski definition) is 0. The van der Waals surface area contributed by atoms with Crippen LogP contribution in [0.2, 0.25) is 0 Å². The molecule has 2 rings (SSSR count). The minimum atomic E-state index is -4.79. The Balaban J connectivity index is 1.96. The van der Waals surface area contributed by atoms with Gasteiger partial charge >= 0.3 is 12.5 Å². The average Bonchev–Trinajstić information content (AvgIpc) is 2.71. The molecule has 0 N–H and O–H groups in total. The molecule has 0 bridgehead atoms. The second-order valence-corrected chi connectivity index (χ2v) is 7.19. The lowest BCUT2D eigenvalue weighted by molar-refractivity contribution is -0.274. The van der Waals surface area contributed by atoms with Crippen molar-refractivity contribution in [1.82, 2.24) is 9.91 Å². The number of alkyl halides is 6. The summed E-state index contributed by atoms with van der Waals surface area (Å²) in [5.74, 6) is -0.695. The Labute approximate surface area is 182 Å². The summed E-state index contributed by atoms with van der Waals surface area (Å²) in [7, 11) is 0. The summed E-state index contributed by atoms with van der Waals surface area (Å²) in [6.07, 6.45) is -9.30. The number of halogens is 6. The Morgan fingerprint density at radius 2 is 1.75 bits per heavy atom. The number of anilines is 1. The normalized spacial score (nSPS) is 15.7. The summed E-state index contributed by atoms with van der Waals surface area (Å²) in [6.45, 7) is 4.38. The highest BCUT2D eigenvalue weighted by molar-refractivity contribution is 5.89. The Bertz CT molecular complexity index is 789. The van der Waals surface area contributed by atoms with Crippen molar-refractivity contribution in [3.05, 3.63) is 24.3 Å². The molecular formula is C20H26F6N4O2. The van der Waals surface area contributed by atoms with Crippen molar-refractivity contribution in [1.29, 1.82) is 0 Å².